The minimum absolute atomic E-state index is 0.173. The van der Waals surface area contributed by atoms with Crippen molar-refractivity contribution in [3.8, 4) is 5.75 Å². The van der Waals surface area contributed by atoms with Crippen molar-refractivity contribution in [1.82, 2.24) is 0 Å². The molecule has 0 saturated heterocycles. The van der Waals surface area contributed by atoms with E-state index >= 15 is 0 Å². The number of nitrogen functional groups attached to an aromatic ring is 1. The highest BCUT2D eigenvalue weighted by molar-refractivity contribution is 7.93. The predicted molar refractivity (Wildman–Crippen MR) is 164 cm³/mol. The van der Waals surface area contributed by atoms with Gasteiger partial charge in [-0.25, -0.2) is 0 Å². The highest BCUT2D eigenvalue weighted by Crippen LogP contribution is 2.44. The van der Waals surface area contributed by atoms with Gasteiger partial charge in [-0.1, -0.05) is 18.2 Å². The number of nitro benzene ring substituents is 1. The van der Waals surface area contributed by atoms with Crippen LogP contribution >= 0.6 is 12.0 Å². The molecule has 0 fully saturated rings. The van der Waals surface area contributed by atoms with Crippen molar-refractivity contribution in [2.75, 3.05) is 5.73 Å². The summed E-state index contributed by atoms with van der Waals surface area (Å²) in [5.41, 5.74) is 5.48. The minimum atomic E-state index is -5.09. The van der Waals surface area contributed by atoms with Gasteiger partial charge in [-0.15, -0.1) is 15.3 Å². The second-order valence-corrected chi connectivity index (χ2v) is 12.6. The highest BCUT2D eigenvalue weighted by Gasteiger charge is 2.26. The minimum Gasteiger partial charge on any atom is -0.505 e. The van der Waals surface area contributed by atoms with Gasteiger partial charge >= 0.3 is 0 Å². The number of benzene rings is 5. The monoisotopic (exact) mass is 670 g/mol. The summed E-state index contributed by atoms with van der Waals surface area (Å²) in [7, 11) is -10.1. The van der Waals surface area contributed by atoms with Crippen LogP contribution in [0.25, 0.3) is 21.5 Å². The van der Waals surface area contributed by atoms with Crippen LogP contribution in [0.3, 0.4) is 0 Å². The lowest BCUT2D eigenvalue weighted by Gasteiger charge is -2.13. The van der Waals surface area contributed by atoms with Crippen LogP contribution < -0.4 is 5.73 Å². The third-order valence-electron chi connectivity index (χ3n) is 6.40. The lowest BCUT2D eigenvalue weighted by atomic mass is 10.1. The maximum absolute atomic E-state index is 12.0. The zero-order valence-electron chi connectivity index (χ0n) is 22.2. The molecule has 0 bridgehead atoms. The third kappa shape index (κ3) is 6.29. The lowest BCUT2D eigenvalue weighted by molar-refractivity contribution is -0.384. The normalized spacial score (nSPS) is 12.5. The molecule has 5 aromatic rings. The first-order valence-corrected chi connectivity index (χ1v) is 15.8. The molecule has 5 rings (SSSR count). The summed E-state index contributed by atoms with van der Waals surface area (Å²) < 4.78 is 76.5. The largest absolute Gasteiger partial charge is 0.505 e. The summed E-state index contributed by atoms with van der Waals surface area (Å²) >= 11 is 0.471. The van der Waals surface area contributed by atoms with Gasteiger partial charge in [0.15, 0.2) is 5.75 Å². The average molecular weight is 671 g/mol. The van der Waals surface area contributed by atoms with Crippen molar-refractivity contribution in [3.63, 3.8) is 0 Å². The first kappa shape index (κ1) is 31.4. The Hall–Kier alpha value is -5.05. The number of azo groups is 2. The number of fused-ring (bicyclic) bond motifs is 2. The number of nitrogens with zero attached hydrogens (tertiary/aromatic N) is 5. The Morgan fingerprint density at radius 1 is 0.733 bits per heavy atom. The molecule has 0 aromatic heterocycles. The van der Waals surface area contributed by atoms with Crippen LogP contribution in [-0.4, -0.2) is 40.5 Å². The van der Waals surface area contributed by atoms with E-state index in [1.807, 2.05) is 0 Å². The van der Waals surface area contributed by atoms with Crippen LogP contribution in [0.15, 0.2) is 108 Å². The lowest BCUT2D eigenvalue weighted by Crippen LogP contribution is -2.08. The number of rotatable bonds is 8. The van der Waals surface area contributed by atoms with Gasteiger partial charge in [-0.05, 0) is 42.5 Å². The van der Waals surface area contributed by atoms with E-state index < -0.39 is 51.8 Å². The smallest absolute Gasteiger partial charge is 0.296 e. The van der Waals surface area contributed by atoms with Crippen molar-refractivity contribution >= 4 is 87.9 Å². The standard InChI is InChI=1S/C26H18N6O10S3/c27-25-23(45(40,41)42)12-22(44(37,38)39)17-6-7-21(26(33)24(17)25)31-30-19-8-9-20(18-11-15(43-36)4-5-16(18)19)29-28-13-2-1-3-14(10-13)32(34)35/h1-12,33,36H,27H2,(H,37,38,39)(H,40,41,42). The Balaban J connectivity index is 1.63. The molecule has 0 spiro atoms. The van der Waals surface area contributed by atoms with Gasteiger partial charge in [0, 0.05) is 45.2 Å². The van der Waals surface area contributed by atoms with Gasteiger partial charge in [0.1, 0.15) is 15.5 Å². The van der Waals surface area contributed by atoms with Gasteiger partial charge in [0.2, 0.25) is 0 Å². The van der Waals surface area contributed by atoms with E-state index in [2.05, 4.69) is 20.5 Å². The number of nitro groups is 1. The van der Waals surface area contributed by atoms with Gasteiger partial charge in [-0.3, -0.25) is 19.2 Å². The van der Waals surface area contributed by atoms with Crippen LogP contribution in [0.5, 0.6) is 5.75 Å². The molecular weight excluding hydrogens is 653 g/mol. The second-order valence-electron chi connectivity index (χ2n) is 9.17. The van der Waals surface area contributed by atoms with Crippen molar-refractivity contribution in [2.45, 2.75) is 14.7 Å². The number of phenols is 1. The zero-order valence-corrected chi connectivity index (χ0v) is 24.7. The van der Waals surface area contributed by atoms with Crippen LogP contribution in [0.4, 0.5) is 34.1 Å². The summed E-state index contributed by atoms with van der Waals surface area (Å²) in [4.78, 5) is 8.96. The number of anilines is 1. The molecule has 0 amide bonds. The molecule has 0 unspecified atom stereocenters. The molecule has 0 atom stereocenters. The molecule has 0 heterocycles. The molecule has 6 N–H and O–H groups in total. The summed E-state index contributed by atoms with van der Waals surface area (Å²) in [5, 5.41) is 38.5. The molecule has 230 valence electrons. The molecule has 0 aliphatic carbocycles. The fourth-order valence-electron chi connectivity index (χ4n) is 4.38. The summed E-state index contributed by atoms with van der Waals surface area (Å²) in [6.07, 6.45) is 0. The van der Waals surface area contributed by atoms with E-state index in [9.17, 15) is 45.7 Å². The predicted octanol–water partition coefficient (Wildman–Crippen LogP) is 7.08. The number of aromatic hydroxyl groups is 1. The Labute approximate surface area is 257 Å². The van der Waals surface area contributed by atoms with Gasteiger partial charge in [0.25, 0.3) is 25.9 Å². The number of nitrogens with two attached hydrogens (primary N) is 1. The van der Waals surface area contributed by atoms with Crippen molar-refractivity contribution in [2.24, 2.45) is 20.5 Å². The third-order valence-corrected chi connectivity index (χ3v) is 8.65. The fraction of sp³-hybridized carbons (Fsp3) is 0. The number of phenolic OH excluding ortho intramolecular Hbond substituents is 1. The zero-order chi connectivity index (χ0) is 32.7. The maximum atomic E-state index is 12.0. The topological polar surface area (TPSA) is 268 Å². The number of hydrogen-bond acceptors (Lipinski definition) is 14. The van der Waals surface area contributed by atoms with E-state index in [0.29, 0.717) is 39.5 Å². The van der Waals surface area contributed by atoms with Crippen LogP contribution in [0, 0.1) is 10.1 Å². The molecule has 45 heavy (non-hydrogen) atoms. The van der Waals surface area contributed by atoms with E-state index in [-0.39, 0.29) is 28.1 Å². The summed E-state index contributed by atoms with van der Waals surface area (Å²) in [6.45, 7) is 0. The number of hydrogen-bond donors (Lipinski definition) is 5. The highest BCUT2D eigenvalue weighted by atomic mass is 32.2. The first-order chi connectivity index (χ1) is 21.2. The first-order valence-electron chi connectivity index (χ1n) is 12.2. The summed E-state index contributed by atoms with van der Waals surface area (Å²) in [6, 6.07) is 16.0. The Morgan fingerprint density at radius 2 is 1.33 bits per heavy atom. The molecule has 5 aromatic carbocycles. The Morgan fingerprint density at radius 3 is 1.98 bits per heavy atom. The molecule has 19 heteroatoms. The molecule has 0 aliphatic heterocycles. The molecule has 0 radical (unpaired) electrons. The Kier molecular flexibility index (Phi) is 8.23. The molecule has 0 aliphatic rings. The van der Waals surface area contributed by atoms with Crippen molar-refractivity contribution in [3.05, 3.63) is 82.9 Å². The SMILES string of the molecule is Nc1c(S(=O)(=O)O)cc(S(=O)(=O)O)c2ccc(N=Nc3ccc(N=Nc4cccc([N+](=O)[O-])c4)c4cc(SO)ccc34)c(O)c12. The van der Waals surface area contributed by atoms with Gasteiger partial charge < -0.3 is 15.4 Å². The van der Waals surface area contributed by atoms with Crippen LogP contribution in [-0.2, 0) is 20.2 Å². The summed E-state index contributed by atoms with van der Waals surface area (Å²) in [5.74, 6) is -0.796. The van der Waals surface area contributed by atoms with E-state index in [0.717, 1.165) is 12.1 Å². The Bertz CT molecular complexity index is 2330. The van der Waals surface area contributed by atoms with Crippen LogP contribution in [0.1, 0.15) is 0 Å². The second kappa shape index (κ2) is 11.8. The van der Waals surface area contributed by atoms with Gasteiger partial charge in [0.05, 0.1) is 33.1 Å². The van der Waals surface area contributed by atoms with Crippen molar-refractivity contribution in [1.29, 1.82) is 0 Å². The average Bonchev–Trinajstić information content (AvgIpc) is 2.98. The van der Waals surface area contributed by atoms with E-state index in [1.54, 1.807) is 18.2 Å². The molecule has 0 saturated carbocycles. The molecule has 16 nitrogen and oxygen atoms in total. The maximum Gasteiger partial charge on any atom is 0.296 e. The quantitative estimate of drug-likeness (QED) is 0.0277. The van der Waals surface area contributed by atoms with Crippen molar-refractivity contribution < 1.29 is 40.5 Å². The van der Waals surface area contributed by atoms with E-state index in [4.69, 9.17) is 5.73 Å². The fourth-order valence-corrected chi connectivity index (χ4v) is 6.11. The van der Waals surface area contributed by atoms with E-state index in [1.165, 1.54) is 36.4 Å². The number of non-ortho nitro benzene ring substituents is 1. The van der Waals surface area contributed by atoms with Crippen LogP contribution in [0.2, 0.25) is 0 Å². The molecular formula is C26H18N6O10S3. The van der Waals surface area contributed by atoms with Gasteiger partial charge in [-0.2, -0.15) is 21.9 Å².